The van der Waals surface area contributed by atoms with Crippen molar-refractivity contribution < 1.29 is 9.18 Å². The zero-order valence-corrected chi connectivity index (χ0v) is 13.3. The van der Waals surface area contributed by atoms with Gasteiger partial charge >= 0.3 is 0 Å². The van der Waals surface area contributed by atoms with Crippen molar-refractivity contribution in [1.82, 2.24) is 10.2 Å². The van der Waals surface area contributed by atoms with Crippen LogP contribution >= 0.6 is 12.4 Å². The van der Waals surface area contributed by atoms with Gasteiger partial charge in [-0.3, -0.25) is 9.69 Å². The molecule has 122 valence electrons. The van der Waals surface area contributed by atoms with Crippen LogP contribution in [0.1, 0.15) is 18.4 Å². The fourth-order valence-corrected chi connectivity index (χ4v) is 3.59. The van der Waals surface area contributed by atoms with Crippen LogP contribution in [0.2, 0.25) is 0 Å². The molecule has 3 rings (SSSR count). The Morgan fingerprint density at radius 1 is 1.27 bits per heavy atom. The molecule has 3 N–H and O–H groups in total. The maximum absolute atomic E-state index is 12.8. The van der Waals surface area contributed by atoms with Gasteiger partial charge in [-0.25, -0.2) is 4.39 Å². The van der Waals surface area contributed by atoms with Gasteiger partial charge in [0.05, 0.1) is 6.54 Å². The summed E-state index contributed by atoms with van der Waals surface area (Å²) in [6.45, 7) is 2.80. The fourth-order valence-electron chi connectivity index (χ4n) is 3.59. The predicted octanol–water partition coefficient (Wildman–Crippen LogP) is 1.53. The van der Waals surface area contributed by atoms with Crippen LogP contribution in [0.15, 0.2) is 24.3 Å². The molecule has 1 heterocycles. The van der Waals surface area contributed by atoms with E-state index in [1.165, 1.54) is 18.6 Å². The third-order valence-electron chi connectivity index (χ3n) is 4.76. The Morgan fingerprint density at radius 2 is 2.00 bits per heavy atom. The fraction of sp³-hybridized carbons (Fsp3) is 0.562. The molecule has 1 saturated carbocycles. The van der Waals surface area contributed by atoms with Crippen molar-refractivity contribution >= 4 is 18.3 Å². The molecule has 6 heteroatoms. The number of fused-ring (bicyclic) bond motifs is 1. The Bertz CT molecular complexity index is 511. The molecule has 1 amide bonds. The third-order valence-corrected chi connectivity index (χ3v) is 4.76. The van der Waals surface area contributed by atoms with E-state index >= 15 is 0 Å². The normalized spacial score (nSPS) is 27.3. The third kappa shape index (κ3) is 3.97. The molecule has 1 aliphatic carbocycles. The largest absolute Gasteiger partial charge is 0.351 e. The van der Waals surface area contributed by atoms with Crippen LogP contribution in [-0.2, 0) is 11.3 Å². The summed E-state index contributed by atoms with van der Waals surface area (Å²) in [6.07, 6.45) is 2.32. The zero-order chi connectivity index (χ0) is 14.8. The lowest BCUT2D eigenvalue weighted by Crippen LogP contribution is -2.37. The van der Waals surface area contributed by atoms with Crippen molar-refractivity contribution in [3.05, 3.63) is 35.6 Å². The molecule has 1 saturated heterocycles. The quantitative estimate of drug-likeness (QED) is 0.882. The van der Waals surface area contributed by atoms with Gasteiger partial charge in [0, 0.05) is 25.7 Å². The molecule has 2 aliphatic rings. The maximum Gasteiger partial charge on any atom is 0.234 e. The molecule has 0 radical (unpaired) electrons. The van der Waals surface area contributed by atoms with Crippen LogP contribution in [0, 0.1) is 17.7 Å². The van der Waals surface area contributed by atoms with Gasteiger partial charge < -0.3 is 11.1 Å². The van der Waals surface area contributed by atoms with Crippen LogP contribution in [0.3, 0.4) is 0 Å². The van der Waals surface area contributed by atoms with Gasteiger partial charge in [-0.1, -0.05) is 12.1 Å². The van der Waals surface area contributed by atoms with Crippen molar-refractivity contribution in [2.75, 3.05) is 19.6 Å². The number of carbonyl (C=O) groups excluding carboxylic acids is 1. The highest BCUT2D eigenvalue weighted by molar-refractivity contribution is 5.85. The molecule has 2 fully saturated rings. The SMILES string of the molecule is Cl.NC1CCC2CN(CC(=O)NCc3ccc(F)cc3)CC12. The van der Waals surface area contributed by atoms with Gasteiger partial charge in [0.25, 0.3) is 0 Å². The highest BCUT2D eigenvalue weighted by Gasteiger charge is 2.41. The first-order valence-electron chi connectivity index (χ1n) is 7.61. The number of benzene rings is 1. The number of hydrogen-bond acceptors (Lipinski definition) is 3. The van der Waals surface area contributed by atoms with E-state index in [9.17, 15) is 9.18 Å². The number of halogens is 2. The number of hydrogen-bond donors (Lipinski definition) is 2. The van der Waals surface area contributed by atoms with E-state index in [0.717, 1.165) is 25.1 Å². The number of rotatable bonds is 4. The maximum atomic E-state index is 12.8. The molecular formula is C16H23ClFN3O. The van der Waals surface area contributed by atoms with Crippen LogP contribution in [0.4, 0.5) is 4.39 Å². The molecule has 1 aromatic carbocycles. The van der Waals surface area contributed by atoms with E-state index in [1.807, 2.05) is 0 Å². The van der Waals surface area contributed by atoms with Crippen molar-refractivity contribution in [3.63, 3.8) is 0 Å². The first-order chi connectivity index (χ1) is 10.1. The average Bonchev–Trinajstić information content (AvgIpc) is 3.00. The number of carbonyl (C=O) groups is 1. The molecule has 1 aromatic rings. The summed E-state index contributed by atoms with van der Waals surface area (Å²) in [5, 5.41) is 2.89. The lowest BCUT2D eigenvalue weighted by atomic mass is 9.98. The lowest BCUT2D eigenvalue weighted by molar-refractivity contribution is -0.122. The van der Waals surface area contributed by atoms with Crippen molar-refractivity contribution in [2.24, 2.45) is 17.6 Å². The molecule has 4 nitrogen and oxygen atoms in total. The van der Waals surface area contributed by atoms with E-state index in [-0.39, 0.29) is 24.1 Å². The van der Waals surface area contributed by atoms with E-state index in [1.54, 1.807) is 12.1 Å². The molecule has 1 aliphatic heterocycles. The molecule has 3 unspecified atom stereocenters. The molecule has 3 atom stereocenters. The van der Waals surface area contributed by atoms with Crippen LogP contribution in [-0.4, -0.2) is 36.5 Å². The second-order valence-electron chi connectivity index (χ2n) is 6.26. The standard InChI is InChI=1S/C16H22FN3O.ClH/c17-13-4-1-11(2-5-13)7-19-16(21)10-20-8-12-3-6-15(18)14(12)9-20;/h1-2,4-5,12,14-15H,3,6-10,18H2,(H,19,21);1H. The molecular weight excluding hydrogens is 305 g/mol. The Hall–Kier alpha value is -1.17. The lowest BCUT2D eigenvalue weighted by Gasteiger charge is -2.17. The summed E-state index contributed by atoms with van der Waals surface area (Å²) in [4.78, 5) is 14.2. The minimum Gasteiger partial charge on any atom is -0.351 e. The molecule has 0 aromatic heterocycles. The first-order valence-corrected chi connectivity index (χ1v) is 7.61. The predicted molar refractivity (Wildman–Crippen MR) is 86.1 cm³/mol. The van der Waals surface area contributed by atoms with Crippen LogP contribution in [0.5, 0.6) is 0 Å². The second kappa shape index (κ2) is 7.40. The zero-order valence-electron chi connectivity index (χ0n) is 12.5. The van der Waals surface area contributed by atoms with Gasteiger partial charge in [0.15, 0.2) is 0 Å². The molecule has 0 spiro atoms. The number of likely N-dealkylation sites (tertiary alicyclic amines) is 1. The summed E-state index contributed by atoms with van der Waals surface area (Å²) < 4.78 is 12.8. The smallest absolute Gasteiger partial charge is 0.234 e. The number of nitrogens with zero attached hydrogens (tertiary/aromatic N) is 1. The van der Waals surface area contributed by atoms with Gasteiger partial charge in [-0.2, -0.15) is 0 Å². The number of nitrogens with two attached hydrogens (primary N) is 1. The van der Waals surface area contributed by atoms with Gasteiger partial charge in [-0.05, 0) is 42.4 Å². The van der Waals surface area contributed by atoms with E-state index in [0.29, 0.717) is 31.0 Å². The highest BCUT2D eigenvalue weighted by atomic mass is 35.5. The Labute approximate surface area is 136 Å². The van der Waals surface area contributed by atoms with Crippen molar-refractivity contribution in [3.8, 4) is 0 Å². The van der Waals surface area contributed by atoms with Gasteiger partial charge in [-0.15, -0.1) is 12.4 Å². The Morgan fingerprint density at radius 3 is 2.68 bits per heavy atom. The van der Waals surface area contributed by atoms with E-state index in [2.05, 4.69) is 10.2 Å². The van der Waals surface area contributed by atoms with E-state index < -0.39 is 0 Å². The van der Waals surface area contributed by atoms with Gasteiger partial charge in [0.2, 0.25) is 5.91 Å². The topological polar surface area (TPSA) is 58.4 Å². The molecule has 0 bridgehead atoms. The summed E-state index contributed by atoms with van der Waals surface area (Å²) in [6, 6.07) is 6.50. The first kappa shape index (κ1) is 17.2. The summed E-state index contributed by atoms with van der Waals surface area (Å²) >= 11 is 0. The average molecular weight is 328 g/mol. The van der Waals surface area contributed by atoms with Crippen LogP contribution < -0.4 is 11.1 Å². The minimum absolute atomic E-state index is 0. The van der Waals surface area contributed by atoms with Crippen molar-refractivity contribution in [2.45, 2.75) is 25.4 Å². The monoisotopic (exact) mass is 327 g/mol. The summed E-state index contributed by atoms with van der Waals surface area (Å²) in [7, 11) is 0. The number of amides is 1. The molecule has 22 heavy (non-hydrogen) atoms. The highest BCUT2D eigenvalue weighted by Crippen LogP contribution is 2.36. The second-order valence-corrected chi connectivity index (χ2v) is 6.26. The Kier molecular flexibility index (Phi) is 5.78. The minimum atomic E-state index is -0.259. The summed E-state index contributed by atoms with van der Waals surface area (Å²) in [5.41, 5.74) is 7.01. The van der Waals surface area contributed by atoms with E-state index in [4.69, 9.17) is 5.73 Å². The Balaban J connectivity index is 0.00000176. The van der Waals surface area contributed by atoms with Gasteiger partial charge in [0.1, 0.15) is 5.82 Å². The summed E-state index contributed by atoms with van der Waals surface area (Å²) in [5.74, 6) is 0.998. The van der Waals surface area contributed by atoms with Crippen LogP contribution in [0.25, 0.3) is 0 Å². The van der Waals surface area contributed by atoms with Crippen molar-refractivity contribution in [1.29, 1.82) is 0 Å². The number of nitrogens with one attached hydrogen (secondary N) is 1.